The van der Waals surface area contributed by atoms with Crippen molar-refractivity contribution in [3.8, 4) is 11.8 Å². The average molecular weight is 246 g/mol. The van der Waals surface area contributed by atoms with Gasteiger partial charge in [0.25, 0.3) is 6.54 Å². The van der Waals surface area contributed by atoms with E-state index >= 15 is 0 Å². The van der Waals surface area contributed by atoms with Crippen molar-refractivity contribution in [2.24, 2.45) is 0 Å². The highest BCUT2D eigenvalue weighted by atomic mass is 16.5. The fourth-order valence-corrected chi connectivity index (χ4v) is 1.26. The van der Waals surface area contributed by atoms with Gasteiger partial charge in [0.2, 0.25) is 0 Å². The molecule has 0 bridgehead atoms. The van der Waals surface area contributed by atoms with Gasteiger partial charge in [-0.25, -0.2) is 4.79 Å². The topological polar surface area (TPSA) is 50.9 Å². The van der Waals surface area contributed by atoms with E-state index in [1.807, 2.05) is 6.92 Å². The second-order valence-electron chi connectivity index (χ2n) is 3.63. The Hall–Kier alpha value is -2.28. The molecule has 94 valence electrons. The average Bonchev–Trinajstić information content (AvgIpc) is 2.38. The monoisotopic (exact) mass is 246 g/mol. The minimum Gasteiger partial charge on any atom is -0.497 e. The molecule has 1 N–H and O–H groups in total. The highest BCUT2D eigenvalue weighted by molar-refractivity contribution is 5.96. The minimum atomic E-state index is -1.04. The van der Waals surface area contributed by atoms with E-state index in [0.717, 1.165) is 17.7 Å². The van der Waals surface area contributed by atoms with Crippen LogP contribution in [0.4, 0.5) is 0 Å². The number of nitrogens with zero attached hydrogens (tertiary/aromatic N) is 1. The summed E-state index contributed by atoms with van der Waals surface area (Å²) in [6, 6.07) is 9.66. The molecule has 0 amide bonds. The summed E-state index contributed by atoms with van der Waals surface area (Å²) in [4.78, 5) is 14.9. The van der Waals surface area contributed by atoms with Crippen LogP contribution >= 0.6 is 0 Å². The third kappa shape index (κ3) is 4.30. The van der Waals surface area contributed by atoms with Gasteiger partial charge in [0, 0.05) is 6.42 Å². The maximum Gasteiger partial charge on any atom is 0.350 e. The molecule has 1 rings (SSSR count). The third-order valence-electron chi connectivity index (χ3n) is 2.19. The van der Waals surface area contributed by atoms with Crippen LogP contribution in [0.3, 0.4) is 0 Å². The van der Waals surface area contributed by atoms with Gasteiger partial charge in [-0.15, -0.1) is 0 Å². The van der Waals surface area contributed by atoms with Crippen molar-refractivity contribution in [3.63, 3.8) is 0 Å². The maximum atomic E-state index is 11.0. The molecule has 0 radical (unpaired) electrons. The summed E-state index contributed by atoms with van der Waals surface area (Å²) in [5, 5.41) is 9.02. The minimum absolute atomic E-state index is 0.0496. The predicted molar refractivity (Wildman–Crippen MR) is 71.0 cm³/mol. The number of hydrogen-bond donors (Lipinski definition) is 1. The summed E-state index contributed by atoms with van der Waals surface area (Å²) >= 11 is 0. The summed E-state index contributed by atoms with van der Waals surface area (Å²) in [7, 11) is 1.58. The zero-order valence-corrected chi connectivity index (χ0v) is 10.5. The van der Waals surface area contributed by atoms with Gasteiger partial charge >= 0.3 is 12.0 Å². The molecule has 0 heterocycles. The molecule has 0 saturated heterocycles. The lowest BCUT2D eigenvalue weighted by atomic mass is 10.1. The van der Waals surface area contributed by atoms with E-state index in [0.29, 0.717) is 6.54 Å². The van der Waals surface area contributed by atoms with Crippen LogP contribution in [-0.4, -0.2) is 24.7 Å². The van der Waals surface area contributed by atoms with Crippen LogP contribution in [0.2, 0.25) is 0 Å². The number of rotatable bonds is 4. The number of ether oxygens (including phenoxy) is 1. The van der Waals surface area contributed by atoms with E-state index in [9.17, 15) is 4.79 Å². The van der Waals surface area contributed by atoms with Crippen molar-refractivity contribution < 1.29 is 14.6 Å². The van der Waals surface area contributed by atoms with Gasteiger partial charge in [-0.2, -0.15) is 0 Å². The molecule has 0 aliphatic carbocycles. The van der Waals surface area contributed by atoms with Crippen LogP contribution in [-0.2, 0) is 4.79 Å². The molecule has 0 atom stereocenters. The first-order chi connectivity index (χ1) is 8.67. The van der Waals surface area contributed by atoms with Crippen molar-refractivity contribution in [1.82, 2.24) is 0 Å². The first-order valence-corrected chi connectivity index (χ1v) is 5.69. The smallest absolute Gasteiger partial charge is 0.350 e. The summed E-state index contributed by atoms with van der Waals surface area (Å²) in [6.07, 6.45) is 2.39. The van der Waals surface area contributed by atoms with Gasteiger partial charge < -0.3 is 9.84 Å². The molecule has 0 saturated carbocycles. The predicted octanol–water partition coefficient (Wildman–Crippen LogP) is 2.91. The Balaban J connectivity index is 2.94. The molecular formula is C14H16NO3+. The first kappa shape index (κ1) is 13.8. The van der Waals surface area contributed by atoms with Crippen LogP contribution in [0, 0.1) is 6.07 Å². The second kappa shape index (κ2) is 7.13. The molecule has 4 heteroatoms. The number of carbonyl (C=O) groups is 1. The standard InChI is InChI=1S/C14H15NO3/c1-3-8-15-10-12(14(16)17)9-11-4-6-13(18-2)7-5-11/h4-7,9H,3,8H2,1-2H3/p+1. The van der Waals surface area contributed by atoms with Crippen molar-refractivity contribution in [2.75, 3.05) is 13.7 Å². The van der Waals surface area contributed by atoms with Crippen LogP contribution in [0.25, 0.3) is 10.9 Å². The van der Waals surface area contributed by atoms with Crippen LogP contribution in [0.15, 0.2) is 29.8 Å². The molecule has 1 aromatic rings. The third-order valence-corrected chi connectivity index (χ3v) is 2.19. The SMILES string of the molecule is CCC[N+]#CC(=Cc1ccc(OC)cc1)C(=O)O. The van der Waals surface area contributed by atoms with E-state index in [1.165, 1.54) is 6.08 Å². The van der Waals surface area contributed by atoms with E-state index < -0.39 is 5.97 Å². The van der Waals surface area contributed by atoms with E-state index in [-0.39, 0.29) is 5.57 Å². The highest BCUT2D eigenvalue weighted by Crippen LogP contribution is 2.14. The lowest BCUT2D eigenvalue weighted by molar-refractivity contribution is -0.132. The second-order valence-corrected chi connectivity index (χ2v) is 3.63. The Bertz CT molecular complexity index is 492. The Morgan fingerprint density at radius 3 is 2.61 bits per heavy atom. The fraction of sp³-hybridized carbons (Fsp3) is 0.286. The number of methoxy groups -OCH3 is 1. The van der Waals surface area contributed by atoms with Crippen molar-refractivity contribution in [1.29, 1.82) is 0 Å². The largest absolute Gasteiger partial charge is 0.497 e. The number of aliphatic carboxylic acids is 1. The molecule has 0 aromatic heterocycles. The molecular weight excluding hydrogens is 230 g/mol. The number of carboxylic acids is 1. The Labute approximate surface area is 106 Å². The van der Waals surface area contributed by atoms with Crippen molar-refractivity contribution in [2.45, 2.75) is 13.3 Å². The molecule has 4 nitrogen and oxygen atoms in total. The summed E-state index contributed by atoms with van der Waals surface area (Å²) in [6.45, 7) is 2.55. The van der Waals surface area contributed by atoms with Gasteiger partial charge in [-0.1, -0.05) is 23.9 Å². The lowest BCUT2D eigenvalue weighted by Crippen LogP contribution is -1.97. The fourth-order valence-electron chi connectivity index (χ4n) is 1.26. The van der Waals surface area contributed by atoms with E-state index in [4.69, 9.17) is 9.84 Å². The number of hydrogen-bond acceptors (Lipinski definition) is 2. The lowest BCUT2D eigenvalue weighted by Gasteiger charge is -1.98. The van der Waals surface area contributed by atoms with Gasteiger partial charge in [0.1, 0.15) is 5.75 Å². The summed E-state index contributed by atoms with van der Waals surface area (Å²) in [5.41, 5.74) is 0.820. The van der Waals surface area contributed by atoms with Gasteiger partial charge in [0.05, 0.1) is 7.11 Å². The normalized spacial score (nSPS) is 10.4. The first-order valence-electron chi connectivity index (χ1n) is 5.69. The zero-order valence-electron chi connectivity index (χ0n) is 10.5. The number of benzene rings is 1. The Kier molecular flexibility index (Phi) is 5.46. The maximum absolute atomic E-state index is 11.0. The van der Waals surface area contributed by atoms with Gasteiger partial charge in [-0.3, -0.25) is 0 Å². The van der Waals surface area contributed by atoms with E-state index in [1.54, 1.807) is 31.4 Å². The van der Waals surface area contributed by atoms with Gasteiger partial charge in [-0.05, 0) is 23.8 Å². The molecule has 0 unspecified atom stereocenters. The quantitative estimate of drug-likeness (QED) is 0.656. The Morgan fingerprint density at radius 1 is 1.44 bits per heavy atom. The van der Waals surface area contributed by atoms with Crippen LogP contribution in [0.5, 0.6) is 5.75 Å². The summed E-state index contributed by atoms with van der Waals surface area (Å²) < 4.78 is 5.03. The molecule has 0 aliphatic rings. The Morgan fingerprint density at radius 2 is 2.11 bits per heavy atom. The molecule has 0 fully saturated rings. The molecule has 1 aromatic carbocycles. The molecule has 18 heavy (non-hydrogen) atoms. The molecule has 0 aliphatic heterocycles. The van der Waals surface area contributed by atoms with Crippen molar-refractivity contribution in [3.05, 3.63) is 40.2 Å². The highest BCUT2D eigenvalue weighted by Gasteiger charge is 2.10. The van der Waals surface area contributed by atoms with Crippen LogP contribution < -0.4 is 4.74 Å². The van der Waals surface area contributed by atoms with Crippen molar-refractivity contribution >= 4 is 12.0 Å². The number of carboxylic acid groups (broad SMARTS) is 1. The zero-order chi connectivity index (χ0) is 13.4. The van der Waals surface area contributed by atoms with Gasteiger partial charge in [0.15, 0.2) is 5.57 Å². The summed E-state index contributed by atoms with van der Waals surface area (Å²) in [5.74, 6) is -0.307. The van der Waals surface area contributed by atoms with E-state index in [2.05, 4.69) is 10.9 Å². The molecule has 0 spiro atoms. The van der Waals surface area contributed by atoms with Crippen LogP contribution in [0.1, 0.15) is 18.9 Å².